The van der Waals surface area contributed by atoms with Crippen LogP contribution in [0.3, 0.4) is 0 Å². The molecular weight excluding hydrogens is 542 g/mol. The van der Waals surface area contributed by atoms with Crippen LogP contribution in [0.15, 0.2) is 45.4 Å². The molecular formula is C22H34Cl2HfSi. The molecule has 0 aromatic rings. The molecule has 4 heteroatoms. The fourth-order valence-electron chi connectivity index (χ4n) is 6.23. The van der Waals surface area contributed by atoms with Gasteiger partial charge >= 0.3 is 157 Å². The fourth-order valence-corrected chi connectivity index (χ4v) is 37.1. The van der Waals surface area contributed by atoms with E-state index in [4.69, 9.17) is 0 Å². The standard InChI is InChI=1S/C13H17.C7H9.C2H6Si.2ClH.Hf/c1-3-7-12-10(5-1)9-11-6-2-4-8-13(11)12;1-2-7-5-3-4-6-7;1-3-2;;;/h1,3,5,7,9-13H,2,4,6,8H2;3,5H,2,4H2,1H3;1-2H3;2*1H;. The molecule has 4 aliphatic carbocycles. The molecule has 5 unspecified atom stereocenters. The van der Waals surface area contributed by atoms with Crippen molar-refractivity contribution in [2.75, 3.05) is 0 Å². The van der Waals surface area contributed by atoms with Gasteiger partial charge in [0.05, 0.1) is 0 Å². The van der Waals surface area contributed by atoms with Crippen molar-refractivity contribution in [3.8, 4) is 0 Å². The van der Waals surface area contributed by atoms with Crippen molar-refractivity contribution in [2.24, 2.45) is 23.7 Å². The van der Waals surface area contributed by atoms with Crippen LogP contribution in [0, 0.1) is 23.7 Å². The van der Waals surface area contributed by atoms with Crippen molar-refractivity contribution in [3.63, 3.8) is 0 Å². The smallest absolute Gasteiger partial charge is 0.147 e. The second-order valence-corrected chi connectivity index (χ2v) is 33.2. The molecule has 4 rings (SSSR count). The van der Waals surface area contributed by atoms with Crippen LogP contribution >= 0.6 is 24.8 Å². The van der Waals surface area contributed by atoms with E-state index in [2.05, 4.69) is 59.8 Å². The van der Waals surface area contributed by atoms with Gasteiger partial charge in [0.1, 0.15) is 0 Å². The molecule has 26 heavy (non-hydrogen) atoms. The van der Waals surface area contributed by atoms with Crippen LogP contribution in [0.25, 0.3) is 0 Å². The monoisotopic (exact) mass is 576 g/mol. The third-order valence-corrected chi connectivity index (χ3v) is 34.5. The summed E-state index contributed by atoms with van der Waals surface area (Å²) in [5, 5.41) is 0. The predicted octanol–water partition coefficient (Wildman–Crippen LogP) is 7.29. The van der Waals surface area contributed by atoms with Crippen LogP contribution in [-0.4, -0.2) is 5.49 Å². The minimum Gasteiger partial charge on any atom is -0.147 e. The second-order valence-electron chi connectivity index (χ2n) is 8.44. The number of hydrogen-bond acceptors (Lipinski definition) is 0. The Morgan fingerprint density at radius 2 is 1.65 bits per heavy atom. The van der Waals surface area contributed by atoms with Crippen molar-refractivity contribution >= 4 is 30.3 Å². The first-order valence-electron chi connectivity index (χ1n) is 10.1. The molecule has 0 radical (unpaired) electrons. The molecule has 0 nitrogen and oxygen atoms in total. The van der Waals surface area contributed by atoms with Crippen LogP contribution in [0.2, 0.25) is 16.8 Å². The third kappa shape index (κ3) is 4.00. The van der Waals surface area contributed by atoms with E-state index >= 15 is 0 Å². The summed E-state index contributed by atoms with van der Waals surface area (Å²) >= 11 is -1.76. The first kappa shape index (κ1) is 22.9. The average Bonchev–Trinajstić information content (AvgIpc) is 3.19. The Balaban J connectivity index is 0.00000121. The Morgan fingerprint density at radius 3 is 2.31 bits per heavy atom. The fraction of sp³-hybridized carbons (Fsp3) is 0.636. The maximum Gasteiger partial charge on any atom is -0.147 e. The Labute approximate surface area is 180 Å². The van der Waals surface area contributed by atoms with Crippen molar-refractivity contribution in [2.45, 2.75) is 62.2 Å². The van der Waals surface area contributed by atoms with Gasteiger partial charge in [0, 0.05) is 0 Å². The molecule has 0 bridgehead atoms. The summed E-state index contributed by atoms with van der Waals surface area (Å²) in [6.45, 7) is 7.74. The molecule has 0 saturated heterocycles. The molecule has 2 fully saturated rings. The molecule has 0 aliphatic heterocycles. The Hall–Kier alpha value is 0.627. The topological polar surface area (TPSA) is 0 Å². The third-order valence-electron chi connectivity index (χ3n) is 7.07. The van der Waals surface area contributed by atoms with Gasteiger partial charge in [-0.1, -0.05) is 0 Å². The number of halogens is 2. The van der Waals surface area contributed by atoms with Crippen LogP contribution in [0.4, 0.5) is 0 Å². The van der Waals surface area contributed by atoms with E-state index in [9.17, 15) is 0 Å². The van der Waals surface area contributed by atoms with Crippen molar-refractivity contribution in [3.05, 3.63) is 45.4 Å². The molecule has 0 aromatic carbocycles. The molecule has 5 atom stereocenters. The summed E-state index contributed by atoms with van der Waals surface area (Å²) in [5.74, 6) is 3.91. The van der Waals surface area contributed by atoms with Gasteiger partial charge in [-0.05, 0) is 0 Å². The summed E-state index contributed by atoms with van der Waals surface area (Å²) in [7, 11) is 0. The SMILES string of the molecule is CCC1=[C]([Hf]([CH]2C3C=CC=CC3C3CCCCC32)=[Si](C)C)CC=C1.Cl.Cl. The largest absolute Gasteiger partial charge is 0.147 e. The van der Waals surface area contributed by atoms with E-state index in [0.717, 1.165) is 27.3 Å². The van der Waals surface area contributed by atoms with E-state index in [1.54, 1.807) is 12.0 Å². The molecule has 2 saturated carbocycles. The molecule has 0 amide bonds. The van der Waals surface area contributed by atoms with Crippen molar-refractivity contribution in [1.82, 2.24) is 0 Å². The Bertz CT molecular complexity index is 670. The number of rotatable bonds is 3. The molecule has 0 heterocycles. The van der Waals surface area contributed by atoms with Crippen LogP contribution in [-0.2, 0) is 20.1 Å². The maximum atomic E-state index is 2.68. The zero-order chi connectivity index (χ0) is 16.7. The molecule has 0 spiro atoms. The van der Waals surface area contributed by atoms with Gasteiger partial charge in [-0.2, -0.15) is 0 Å². The van der Waals surface area contributed by atoms with Gasteiger partial charge in [0.25, 0.3) is 0 Å². The van der Waals surface area contributed by atoms with Gasteiger partial charge < -0.3 is 0 Å². The summed E-state index contributed by atoms with van der Waals surface area (Å²) in [4.78, 5) is 0. The normalized spacial score (nSPS) is 34.0. The minimum atomic E-state index is -1.76. The van der Waals surface area contributed by atoms with E-state index < -0.39 is 20.1 Å². The maximum absolute atomic E-state index is 2.68. The summed E-state index contributed by atoms with van der Waals surface area (Å²) in [6.07, 6.45) is 23.7. The van der Waals surface area contributed by atoms with E-state index in [1.807, 2.05) is 0 Å². The quantitative estimate of drug-likeness (QED) is 0.310. The summed E-state index contributed by atoms with van der Waals surface area (Å²) in [5.41, 5.74) is 1.65. The molecule has 0 aromatic heterocycles. The molecule has 0 N–H and O–H groups in total. The Kier molecular flexibility index (Phi) is 8.72. The zero-order valence-corrected chi connectivity index (χ0v) is 22.6. The van der Waals surface area contributed by atoms with Crippen molar-refractivity contribution in [1.29, 1.82) is 0 Å². The van der Waals surface area contributed by atoms with Crippen molar-refractivity contribution < 1.29 is 20.1 Å². The predicted molar refractivity (Wildman–Crippen MR) is 118 cm³/mol. The van der Waals surface area contributed by atoms with Gasteiger partial charge in [0.2, 0.25) is 0 Å². The van der Waals surface area contributed by atoms with Crippen LogP contribution in [0.5, 0.6) is 0 Å². The number of fused-ring (bicyclic) bond motifs is 3. The summed E-state index contributed by atoms with van der Waals surface area (Å²) < 4.78 is 3.19. The first-order valence-corrected chi connectivity index (χ1v) is 21.9. The zero-order valence-electron chi connectivity index (χ0n) is 16.4. The van der Waals surface area contributed by atoms with Crippen LogP contribution in [0.1, 0.15) is 45.4 Å². The number of allylic oxidation sites excluding steroid dienone is 8. The minimum absolute atomic E-state index is 0. The van der Waals surface area contributed by atoms with Gasteiger partial charge in [-0.3, -0.25) is 0 Å². The van der Waals surface area contributed by atoms with Gasteiger partial charge in [0.15, 0.2) is 0 Å². The molecule has 144 valence electrons. The molecule has 4 aliphatic rings. The van der Waals surface area contributed by atoms with E-state index in [1.165, 1.54) is 32.1 Å². The number of hydrogen-bond donors (Lipinski definition) is 0. The van der Waals surface area contributed by atoms with Crippen LogP contribution < -0.4 is 0 Å². The first-order chi connectivity index (χ1) is 11.7. The van der Waals surface area contributed by atoms with E-state index in [0.29, 0.717) is 0 Å². The summed E-state index contributed by atoms with van der Waals surface area (Å²) in [6, 6.07) is 0. The van der Waals surface area contributed by atoms with E-state index in [-0.39, 0.29) is 30.3 Å². The van der Waals surface area contributed by atoms with Gasteiger partial charge in [-0.25, -0.2) is 0 Å². The Morgan fingerprint density at radius 1 is 1.00 bits per heavy atom. The average molecular weight is 576 g/mol. The van der Waals surface area contributed by atoms with Gasteiger partial charge in [-0.15, -0.1) is 24.8 Å². The second kappa shape index (κ2) is 9.90.